The Kier molecular flexibility index (Phi) is 3.12. The van der Waals surface area contributed by atoms with Gasteiger partial charge in [0.25, 0.3) is 0 Å². The fourth-order valence-electron chi connectivity index (χ4n) is 1.44. The van der Waals surface area contributed by atoms with Gasteiger partial charge in [-0.15, -0.1) is 0 Å². The van der Waals surface area contributed by atoms with E-state index in [2.05, 4.69) is 25.4 Å². The van der Waals surface area contributed by atoms with Crippen LogP contribution in [0.3, 0.4) is 0 Å². The summed E-state index contributed by atoms with van der Waals surface area (Å²) in [5.41, 5.74) is 0.935. The van der Waals surface area contributed by atoms with Crippen LogP contribution < -0.4 is 0 Å². The lowest BCUT2D eigenvalue weighted by molar-refractivity contribution is 0.254. The maximum atomic E-state index is 5.48. The summed E-state index contributed by atoms with van der Waals surface area (Å²) in [7, 11) is 0. The summed E-state index contributed by atoms with van der Waals surface area (Å²) < 4.78 is 5.48. The van der Waals surface area contributed by atoms with Crippen LogP contribution in [0.2, 0.25) is 0 Å². The second kappa shape index (κ2) is 3.95. The van der Waals surface area contributed by atoms with Crippen LogP contribution in [0.1, 0.15) is 40.0 Å². The van der Waals surface area contributed by atoms with Crippen molar-refractivity contribution in [3.05, 3.63) is 12.2 Å². The fraction of sp³-hybridized carbons (Fsp3) is 0.727. The molecule has 0 aromatic carbocycles. The molecule has 0 N–H and O–H groups in total. The highest BCUT2D eigenvalue weighted by molar-refractivity contribution is 5.93. The molecule has 0 bridgehead atoms. The minimum absolute atomic E-state index is 0.00426. The van der Waals surface area contributed by atoms with Crippen LogP contribution in [0.15, 0.2) is 17.1 Å². The molecule has 1 rings (SSSR count). The molecule has 2 nitrogen and oxygen atoms in total. The standard InChI is InChI=1S/C11H19NO/c1-5-6-7-11(4)8-13-10(12-11)9(2)3/h2,5-8H2,1,3-4H3. The normalized spacial score (nSPS) is 26.8. The van der Waals surface area contributed by atoms with E-state index in [1.807, 2.05) is 6.92 Å². The zero-order valence-electron chi connectivity index (χ0n) is 8.89. The first-order chi connectivity index (χ1) is 6.07. The third kappa shape index (κ3) is 2.58. The van der Waals surface area contributed by atoms with Gasteiger partial charge in [0.2, 0.25) is 5.90 Å². The van der Waals surface area contributed by atoms with Gasteiger partial charge in [0, 0.05) is 5.57 Å². The number of hydrogen-bond acceptors (Lipinski definition) is 2. The third-order valence-corrected chi connectivity index (χ3v) is 2.33. The van der Waals surface area contributed by atoms with Crippen molar-refractivity contribution >= 4 is 5.90 Å². The van der Waals surface area contributed by atoms with Crippen LogP contribution in [0.5, 0.6) is 0 Å². The van der Waals surface area contributed by atoms with Gasteiger partial charge in [0.1, 0.15) is 6.61 Å². The quantitative estimate of drug-likeness (QED) is 0.653. The highest BCUT2D eigenvalue weighted by atomic mass is 16.5. The van der Waals surface area contributed by atoms with Gasteiger partial charge in [0.05, 0.1) is 5.54 Å². The molecule has 0 aliphatic carbocycles. The van der Waals surface area contributed by atoms with Crippen molar-refractivity contribution in [1.29, 1.82) is 0 Å². The summed E-state index contributed by atoms with van der Waals surface area (Å²) in [5.74, 6) is 0.749. The maximum Gasteiger partial charge on any atom is 0.211 e. The zero-order chi connectivity index (χ0) is 9.90. The molecule has 0 saturated heterocycles. The molecule has 74 valence electrons. The van der Waals surface area contributed by atoms with Gasteiger partial charge in [-0.25, -0.2) is 4.99 Å². The predicted molar refractivity (Wildman–Crippen MR) is 56.1 cm³/mol. The molecule has 0 radical (unpaired) electrons. The number of rotatable bonds is 4. The van der Waals surface area contributed by atoms with E-state index in [0.717, 1.165) is 24.5 Å². The molecule has 1 unspecified atom stereocenters. The molecule has 1 aliphatic rings. The molecule has 0 aromatic heterocycles. The van der Waals surface area contributed by atoms with Crippen molar-refractivity contribution in [3.63, 3.8) is 0 Å². The van der Waals surface area contributed by atoms with E-state index in [-0.39, 0.29) is 5.54 Å². The van der Waals surface area contributed by atoms with Crippen LogP contribution in [-0.4, -0.2) is 18.0 Å². The van der Waals surface area contributed by atoms with Gasteiger partial charge in [-0.05, 0) is 20.3 Å². The molecule has 0 spiro atoms. The van der Waals surface area contributed by atoms with Crippen molar-refractivity contribution in [2.24, 2.45) is 4.99 Å². The van der Waals surface area contributed by atoms with Crippen LogP contribution in [0.4, 0.5) is 0 Å². The number of unbranched alkanes of at least 4 members (excludes halogenated alkanes) is 1. The molecule has 13 heavy (non-hydrogen) atoms. The molecule has 0 fully saturated rings. The van der Waals surface area contributed by atoms with Crippen molar-refractivity contribution in [1.82, 2.24) is 0 Å². The first-order valence-electron chi connectivity index (χ1n) is 4.96. The average Bonchev–Trinajstić information content (AvgIpc) is 2.46. The molecule has 0 aromatic rings. The van der Waals surface area contributed by atoms with Crippen LogP contribution in [0, 0.1) is 0 Å². The first kappa shape index (κ1) is 10.3. The largest absolute Gasteiger partial charge is 0.475 e. The van der Waals surface area contributed by atoms with Crippen LogP contribution in [-0.2, 0) is 4.74 Å². The van der Waals surface area contributed by atoms with E-state index in [1.54, 1.807) is 0 Å². The summed E-state index contributed by atoms with van der Waals surface area (Å²) >= 11 is 0. The fourth-order valence-corrected chi connectivity index (χ4v) is 1.44. The Labute approximate surface area is 80.7 Å². The molecule has 2 heteroatoms. The van der Waals surface area contributed by atoms with Gasteiger partial charge >= 0.3 is 0 Å². The van der Waals surface area contributed by atoms with Crippen molar-refractivity contribution in [2.75, 3.05) is 6.61 Å². The average molecular weight is 181 g/mol. The molecular formula is C11H19NO. The van der Waals surface area contributed by atoms with Gasteiger partial charge in [-0.2, -0.15) is 0 Å². The second-order valence-corrected chi connectivity index (χ2v) is 4.09. The minimum atomic E-state index is 0.00426. The Morgan fingerprint density at radius 1 is 1.69 bits per heavy atom. The Bertz CT molecular complexity index is 232. The number of aliphatic imine (C=N–C) groups is 1. The molecule has 1 atom stereocenters. The smallest absolute Gasteiger partial charge is 0.211 e. The first-order valence-corrected chi connectivity index (χ1v) is 4.96. The SMILES string of the molecule is C=C(C)C1=NC(C)(CCCC)CO1. The summed E-state index contributed by atoms with van der Waals surface area (Å²) in [5, 5.41) is 0. The highest BCUT2D eigenvalue weighted by Gasteiger charge is 2.30. The van der Waals surface area contributed by atoms with Gasteiger partial charge in [0.15, 0.2) is 0 Å². The van der Waals surface area contributed by atoms with E-state index >= 15 is 0 Å². The Balaban J connectivity index is 2.58. The summed E-state index contributed by atoms with van der Waals surface area (Å²) in [6.07, 6.45) is 3.54. The van der Waals surface area contributed by atoms with E-state index in [0.29, 0.717) is 0 Å². The van der Waals surface area contributed by atoms with Crippen molar-refractivity contribution < 1.29 is 4.74 Å². The van der Waals surface area contributed by atoms with E-state index in [1.165, 1.54) is 12.8 Å². The highest BCUT2D eigenvalue weighted by Crippen LogP contribution is 2.25. The van der Waals surface area contributed by atoms with Crippen molar-refractivity contribution in [3.8, 4) is 0 Å². The maximum absolute atomic E-state index is 5.48. The lowest BCUT2D eigenvalue weighted by Crippen LogP contribution is -2.23. The number of hydrogen-bond donors (Lipinski definition) is 0. The van der Waals surface area contributed by atoms with E-state index in [4.69, 9.17) is 4.74 Å². The molecule has 1 aliphatic heterocycles. The number of ether oxygens (including phenoxy) is 1. The molecular weight excluding hydrogens is 162 g/mol. The molecule has 0 saturated carbocycles. The summed E-state index contributed by atoms with van der Waals surface area (Å²) in [4.78, 5) is 4.55. The minimum Gasteiger partial charge on any atom is -0.475 e. The topological polar surface area (TPSA) is 21.6 Å². The zero-order valence-corrected chi connectivity index (χ0v) is 8.89. The predicted octanol–water partition coefficient (Wildman–Crippen LogP) is 2.94. The van der Waals surface area contributed by atoms with Gasteiger partial charge in [-0.3, -0.25) is 0 Å². The second-order valence-electron chi connectivity index (χ2n) is 4.09. The summed E-state index contributed by atoms with van der Waals surface area (Å²) in [6.45, 7) is 10.8. The monoisotopic (exact) mass is 181 g/mol. The van der Waals surface area contributed by atoms with Crippen LogP contribution >= 0.6 is 0 Å². The lowest BCUT2D eigenvalue weighted by atomic mass is 9.97. The lowest BCUT2D eigenvalue weighted by Gasteiger charge is -2.16. The van der Waals surface area contributed by atoms with Crippen LogP contribution in [0.25, 0.3) is 0 Å². The van der Waals surface area contributed by atoms with Gasteiger partial charge in [-0.1, -0.05) is 26.3 Å². The number of nitrogens with zero attached hydrogens (tertiary/aromatic N) is 1. The molecule has 0 amide bonds. The van der Waals surface area contributed by atoms with Crippen molar-refractivity contribution in [2.45, 2.75) is 45.6 Å². The molecule has 1 heterocycles. The van der Waals surface area contributed by atoms with E-state index in [9.17, 15) is 0 Å². The van der Waals surface area contributed by atoms with E-state index < -0.39 is 0 Å². The Hall–Kier alpha value is -0.790. The third-order valence-electron chi connectivity index (χ3n) is 2.33. The summed E-state index contributed by atoms with van der Waals surface area (Å²) in [6, 6.07) is 0. The Morgan fingerprint density at radius 2 is 2.38 bits per heavy atom. The van der Waals surface area contributed by atoms with Gasteiger partial charge < -0.3 is 4.74 Å². The Morgan fingerprint density at radius 3 is 2.85 bits per heavy atom.